The molecule has 1 unspecified atom stereocenters. The topological polar surface area (TPSA) is 21.3 Å². The third-order valence-electron chi connectivity index (χ3n) is 3.56. The second-order valence-corrected chi connectivity index (χ2v) is 4.96. The minimum absolute atomic E-state index is 0.113. The van der Waals surface area contributed by atoms with Gasteiger partial charge in [-0.1, -0.05) is 19.1 Å². The summed E-state index contributed by atoms with van der Waals surface area (Å²) >= 11 is 0. The highest BCUT2D eigenvalue weighted by Crippen LogP contribution is 2.32. The minimum atomic E-state index is -0.246. The maximum atomic E-state index is 14.0. The first kappa shape index (κ1) is 13.3. The number of benzene rings is 1. The van der Waals surface area contributed by atoms with Crippen molar-refractivity contribution in [3.05, 3.63) is 29.6 Å². The Morgan fingerprint density at radius 2 is 2.11 bits per heavy atom. The molecule has 0 bridgehead atoms. The molecule has 1 aliphatic carbocycles. The third-order valence-corrected chi connectivity index (χ3v) is 3.56. The quantitative estimate of drug-likeness (QED) is 0.859. The lowest BCUT2D eigenvalue weighted by molar-refractivity contribution is 0.197. The Balaban J connectivity index is 2.19. The molecule has 18 heavy (non-hydrogen) atoms. The lowest BCUT2D eigenvalue weighted by Crippen LogP contribution is -2.20. The molecule has 2 nitrogen and oxygen atoms in total. The molecule has 1 N–H and O–H groups in total. The summed E-state index contributed by atoms with van der Waals surface area (Å²) in [6.45, 7) is 4.95. The van der Waals surface area contributed by atoms with E-state index in [-0.39, 0.29) is 18.0 Å². The van der Waals surface area contributed by atoms with Crippen molar-refractivity contribution in [2.45, 2.75) is 51.7 Å². The maximum absolute atomic E-state index is 14.0. The average Bonchev–Trinajstić information content (AvgIpc) is 2.85. The summed E-state index contributed by atoms with van der Waals surface area (Å²) < 4.78 is 19.8. The molecule has 1 aromatic carbocycles. The van der Waals surface area contributed by atoms with E-state index in [4.69, 9.17) is 4.74 Å². The molecular formula is C15H22FNO. The number of hydrogen-bond donors (Lipinski definition) is 1. The second-order valence-electron chi connectivity index (χ2n) is 4.96. The van der Waals surface area contributed by atoms with Gasteiger partial charge in [0.1, 0.15) is 0 Å². The van der Waals surface area contributed by atoms with Gasteiger partial charge in [-0.15, -0.1) is 0 Å². The molecule has 0 aromatic heterocycles. The highest BCUT2D eigenvalue weighted by atomic mass is 19.1. The van der Waals surface area contributed by atoms with E-state index in [0.29, 0.717) is 5.75 Å². The monoisotopic (exact) mass is 251 g/mol. The number of para-hydroxylation sites is 1. The van der Waals surface area contributed by atoms with Crippen molar-refractivity contribution in [3.63, 3.8) is 0 Å². The molecule has 100 valence electrons. The lowest BCUT2D eigenvalue weighted by atomic mass is 10.1. The molecule has 3 heteroatoms. The highest BCUT2D eigenvalue weighted by Gasteiger charge is 2.21. The normalized spacial score (nSPS) is 17.9. The zero-order valence-corrected chi connectivity index (χ0v) is 11.2. The lowest BCUT2D eigenvalue weighted by Gasteiger charge is -2.21. The fraction of sp³-hybridized carbons (Fsp3) is 0.600. The number of rotatable bonds is 5. The first-order valence-corrected chi connectivity index (χ1v) is 6.90. The van der Waals surface area contributed by atoms with E-state index in [1.165, 1.54) is 18.9 Å². The molecule has 0 amide bonds. The molecule has 1 fully saturated rings. The van der Waals surface area contributed by atoms with E-state index < -0.39 is 0 Å². The smallest absolute Gasteiger partial charge is 0.165 e. The Bertz CT molecular complexity index is 388. The Hall–Kier alpha value is -1.09. The molecule has 0 aliphatic heterocycles. The minimum Gasteiger partial charge on any atom is -0.487 e. The van der Waals surface area contributed by atoms with Crippen molar-refractivity contribution in [2.75, 3.05) is 6.54 Å². The molecule has 0 spiro atoms. The van der Waals surface area contributed by atoms with Gasteiger partial charge in [-0.25, -0.2) is 4.39 Å². The Morgan fingerprint density at radius 1 is 1.39 bits per heavy atom. The van der Waals surface area contributed by atoms with Gasteiger partial charge in [-0.2, -0.15) is 0 Å². The van der Waals surface area contributed by atoms with Crippen LogP contribution >= 0.6 is 0 Å². The van der Waals surface area contributed by atoms with Crippen molar-refractivity contribution in [3.8, 4) is 5.75 Å². The highest BCUT2D eigenvalue weighted by molar-refractivity contribution is 5.37. The van der Waals surface area contributed by atoms with Crippen LogP contribution in [0.5, 0.6) is 5.75 Å². The van der Waals surface area contributed by atoms with Crippen molar-refractivity contribution in [1.29, 1.82) is 0 Å². The summed E-state index contributed by atoms with van der Waals surface area (Å²) in [5.41, 5.74) is 0.920. The van der Waals surface area contributed by atoms with Gasteiger partial charge >= 0.3 is 0 Å². The van der Waals surface area contributed by atoms with E-state index in [1.807, 2.05) is 19.9 Å². The third kappa shape index (κ3) is 3.02. The van der Waals surface area contributed by atoms with Crippen LogP contribution in [0.3, 0.4) is 0 Å². The van der Waals surface area contributed by atoms with E-state index >= 15 is 0 Å². The standard InChI is InChI=1S/C15H22FNO/c1-3-17-11(2)13-9-6-10-14(16)15(13)18-12-7-4-5-8-12/h6,9-12,17H,3-5,7-8H2,1-2H3. The Morgan fingerprint density at radius 3 is 2.78 bits per heavy atom. The average molecular weight is 251 g/mol. The Labute approximate surface area is 109 Å². The molecule has 1 aromatic rings. The number of hydrogen-bond acceptors (Lipinski definition) is 2. The Kier molecular flexibility index (Phi) is 4.59. The summed E-state index contributed by atoms with van der Waals surface area (Å²) in [5, 5.41) is 3.31. The van der Waals surface area contributed by atoms with Crippen LogP contribution in [0.15, 0.2) is 18.2 Å². The van der Waals surface area contributed by atoms with Crippen LogP contribution in [0, 0.1) is 5.82 Å². The summed E-state index contributed by atoms with van der Waals surface area (Å²) in [7, 11) is 0. The summed E-state index contributed by atoms with van der Waals surface area (Å²) in [4.78, 5) is 0. The van der Waals surface area contributed by atoms with E-state index in [2.05, 4.69) is 5.32 Å². The summed E-state index contributed by atoms with van der Waals surface area (Å²) in [6, 6.07) is 5.29. The van der Waals surface area contributed by atoms with Gasteiger partial charge in [0.15, 0.2) is 11.6 Å². The van der Waals surface area contributed by atoms with Gasteiger partial charge < -0.3 is 10.1 Å². The summed E-state index contributed by atoms with van der Waals surface area (Å²) in [6.07, 6.45) is 4.66. The molecule has 0 heterocycles. The van der Waals surface area contributed by atoms with Gasteiger partial charge in [-0.3, -0.25) is 0 Å². The fourth-order valence-electron chi connectivity index (χ4n) is 2.58. The van der Waals surface area contributed by atoms with Crippen LogP contribution in [0.4, 0.5) is 4.39 Å². The SMILES string of the molecule is CCNC(C)c1cccc(F)c1OC1CCCC1. The molecule has 0 saturated heterocycles. The van der Waals surface area contributed by atoms with Crippen LogP contribution in [0.2, 0.25) is 0 Å². The van der Waals surface area contributed by atoms with Crippen molar-refractivity contribution < 1.29 is 9.13 Å². The molecule has 0 radical (unpaired) electrons. The first-order valence-electron chi connectivity index (χ1n) is 6.90. The van der Waals surface area contributed by atoms with Gasteiger partial charge in [-0.05, 0) is 45.2 Å². The largest absolute Gasteiger partial charge is 0.487 e. The van der Waals surface area contributed by atoms with Crippen molar-refractivity contribution in [2.24, 2.45) is 0 Å². The number of ether oxygens (including phenoxy) is 1. The van der Waals surface area contributed by atoms with Crippen LogP contribution in [0.25, 0.3) is 0 Å². The fourth-order valence-corrected chi connectivity index (χ4v) is 2.58. The first-order chi connectivity index (χ1) is 8.72. The van der Waals surface area contributed by atoms with E-state index in [9.17, 15) is 4.39 Å². The molecule has 1 atom stereocenters. The molecule has 1 saturated carbocycles. The van der Waals surface area contributed by atoms with Crippen LogP contribution in [0.1, 0.15) is 51.1 Å². The van der Waals surface area contributed by atoms with Gasteiger partial charge in [0, 0.05) is 11.6 Å². The maximum Gasteiger partial charge on any atom is 0.165 e. The van der Waals surface area contributed by atoms with Crippen LogP contribution in [-0.2, 0) is 0 Å². The van der Waals surface area contributed by atoms with Crippen molar-refractivity contribution >= 4 is 0 Å². The van der Waals surface area contributed by atoms with E-state index in [1.54, 1.807) is 6.07 Å². The van der Waals surface area contributed by atoms with E-state index in [0.717, 1.165) is 24.9 Å². The van der Waals surface area contributed by atoms with Gasteiger partial charge in [0.2, 0.25) is 0 Å². The van der Waals surface area contributed by atoms with Crippen molar-refractivity contribution in [1.82, 2.24) is 5.32 Å². The molecule has 2 rings (SSSR count). The van der Waals surface area contributed by atoms with Gasteiger partial charge in [0.05, 0.1) is 6.10 Å². The van der Waals surface area contributed by atoms with Crippen LogP contribution in [-0.4, -0.2) is 12.6 Å². The second kappa shape index (κ2) is 6.19. The summed E-state index contributed by atoms with van der Waals surface area (Å²) in [5.74, 6) is 0.196. The van der Waals surface area contributed by atoms with Gasteiger partial charge in [0.25, 0.3) is 0 Å². The molecule has 1 aliphatic rings. The molecular weight excluding hydrogens is 229 g/mol. The number of halogens is 1. The zero-order valence-electron chi connectivity index (χ0n) is 11.2. The van der Waals surface area contributed by atoms with Crippen LogP contribution < -0.4 is 10.1 Å². The zero-order chi connectivity index (χ0) is 13.0. The predicted molar refractivity (Wildman–Crippen MR) is 71.4 cm³/mol. The number of nitrogens with one attached hydrogen (secondary N) is 1. The predicted octanol–water partition coefficient (Wildman–Crippen LogP) is 3.82.